The van der Waals surface area contributed by atoms with Gasteiger partial charge in [0, 0.05) is 6.04 Å². The predicted molar refractivity (Wildman–Crippen MR) is 88.9 cm³/mol. The molecule has 2 rings (SSSR count). The third-order valence-corrected chi connectivity index (χ3v) is 4.42. The Balaban J connectivity index is 2.14. The van der Waals surface area contributed by atoms with Crippen LogP contribution in [-0.2, 0) is 0 Å². The van der Waals surface area contributed by atoms with E-state index in [-0.39, 0.29) is 0 Å². The molecule has 0 bridgehead atoms. The largest absolute Gasteiger partial charge is 0.494 e. The molecule has 1 aliphatic heterocycles. The quantitative estimate of drug-likeness (QED) is 0.868. The number of hydrogen-bond acceptors (Lipinski definition) is 3. The van der Waals surface area contributed by atoms with E-state index in [0.717, 1.165) is 25.3 Å². The maximum absolute atomic E-state index is 5.70. The highest BCUT2D eigenvalue weighted by Crippen LogP contribution is 2.34. The van der Waals surface area contributed by atoms with Crippen LogP contribution in [0, 0.1) is 5.92 Å². The van der Waals surface area contributed by atoms with E-state index in [1.807, 2.05) is 0 Å². The molecule has 1 aromatic rings. The lowest BCUT2D eigenvalue weighted by atomic mass is 9.89. The predicted octanol–water partition coefficient (Wildman–Crippen LogP) is 3.47. The van der Waals surface area contributed by atoms with Crippen LogP contribution in [0.1, 0.15) is 44.2 Å². The first-order chi connectivity index (χ1) is 10.3. The van der Waals surface area contributed by atoms with Gasteiger partial charge in [-0.1, -0.05) is 25.5 Å². The summed E-state index contributed by atoms with van der Waals surface area (Å²) in [5, 5.41) is 3.37. The second-order valence-corrected chi connectivity index (χ2v) is 6.16. The Morgan fingerprint density at radius 1 is 1.24 bits per heavy atom. The molecule has 2 atom stereocenters. The van der Waals surface area contributed by atoms with E-state index in [1.165, 1.54) is 31.4 Å². The summed E-state index contributed by atoms with van der Waals surface area (Å²) in [6.07, 6.45) is 5.01. The molecule has 1 saturated heterocycles. The number of ether oxygens (including phenoxy) is 1. The first kappa shape index (κ1) is 16.3. The van der Waals surface area contributed by atoms with Gasteiger partial charge in [-0.3, -0.25) is 4.90 Å². The van der Waals surface area contributed by atoms with E-state index in [1.54, 1.807) is 0 Å². The maximum atomic E-state index is 5.70. The van der Waals surface area contributed by atoms with E-state index in [0.29, 0.717) is 12.0 Å². The van der Waals surface area contributed by atoms with Crippen LogP contribution in [-0.4, -0.2) is 38.7 Å². The van der Waals surface area contributed by atoms with Crippen LogP contribution < -0.4 is 10.1 Å². The van der Waals surface area contributed by atoms with Crippen molar-refractivity contribution in [3.05, 3.63) is 29.8 Å². The fraction of sp³-hybridized carbons (Fsp3) is 0.667. The van der Waals surface area contributed by atoms with Crippen molar-refractivity contribution in [3.63, 3.8) is 0 Å². The molecule has 1 aromatic carbocycles. The van der Waals surface area contributed by atoms with Gasteiger partial charge >= 0.3 is 0 Å². The Labute approximate surface area is 129 Å². The Morgan fingerprint density at radius 2 is 2.00 bits per heavy atom. The van der Waals surface area contributed by atoms with Gasteiger partial charge in [-0.25, -0.2) is 0 Å². The normalized spacial score (nSPS) is 23.8. The fourth-order valence-electron chi connectivity index (χ4n) is 3.41. The molecule has 1 aliphatic rings. The number of nitrogens with zero attached hydrogens (tertiary/aromatic N) is 1. The van der Waals surface area contributed by atoms with Crippen molar-refractivity contribution in [2.24, 2.45) is 5.92 Å². The summed E-state index contributed by atoms with van der Waals surface area (Å²) in [4.78, 5) is 2.52. The summed E-state index contributed by atoms with van der Waals surface area (Å²) < 4.78 is 5.70. The van der Waals surface area contributed by atoms with Crippen molar-refractivity contribution >= 4 is 0 Å². The molecule has 2 unspecified atom stereocenters. The molecular formula is C18H30N2O. The molecule has 0 amide bonds. The Kier molecular flexibility index (Phi) is 6.52. The second kappa shape index (κ2) is 8.40. The zero-order valence-corrected chi connectivity index (χ0v) is 13.8. The number of benzene rings is 1. The van der Waals surface area contributed by atoms with Crippen LogP contribution in [0.3, 0.4) is 0 Å². The summed E-state index contributed by atoms with van der Waals surface area (Å²) in [5.74, 6) is 1.67. The molecular weight excluding hydrogens is 260 g/mol. The second-order valence-electron chi connectivity index (χ2n) is 6.16. The average Bonchev–Trinajstić information content (AvgIpc) is 2.68. The monoisotopic (exact) mass is 290 g/mol. The van der Waals surface area contributed by atoms with Crippen molar-refractivity contribution < 1.29 is 4.74 Å². The van der Waals surface area contributed by atoms with Crippen molar-refractivity contribution in [1.82, 2.24) is 10.2 Å². The Hall–Kier alpha value is -1.06. The van der Waals surface area contributed by atoms with Crippen LogP contribution in [0.25, 0.3) is 0 Å². The highest BCUT2D eigenvalue weighted by Gasteiger charge is 2.28. The minimum Gasteiger partial charge on any atom is -0.494 e. The molecule has 3 heteroatoms. The van der Waals surface area contributed by atoms with Crippen LogP contribution in [0.5, 0.6) is 5.75 Å². The minimum atomic E-state index is 0.514. The van der Waals surface area contributed by atoms with Gasteiger partial charge in [-0.2, -0.15) is 0 Å². The molecule has 1 heterocycles. The molecule has 0 aromatic heterocycles. The standard InChI is InChI=1S/C18H30N2O/c1-4-13-21-17-10-8-15(9-11-17)18-16(14-19-2)7-5-6-12-20(18)3/h8-11,16,18-19H,4-7,12-14H2,1-3H3. The van der Waals surface area contributed by atoms with Gasteiger partial charge in [0.05, 0.1) is 6.61 Å². The Morgan fingerprint density at radius 3 is 2.67 bits per heavy atom. The van der Waals surface area contributed by atoms with Gasteiger partial charge in [0.2, 0.25) is 0 Å². The van der Waals surface area contributed by atoms with E-state index < -0.39 is 0 Å². The number of hydrogen-bond donors (Lipinski definition) is 1. The minimum absolute atomic E-state index is 0.514. The van der Waals surface area contributed by atoms with Crippen LogP contribution in [0.15, 0.2) is 24.3 Å². The average molecular weight is 290 g/mol. The zero-order valence-electron chi connectivity index (χ0n) is 13.8. The van der Waals surface area contributed by atoms with Crippen LogP contribution in [0.4, 0.5) is 0 Å². The smallest absolute Gasteiger partial charge is 0.119 e. The van der Waals surface area contributed by atoms with E-state index in [4.69, 9.17) is 4.74 Å². The molecule has 1 N–H and O–H groups in total. The maximum Gasteiger partial charge on any atom is 0.119 e. The summed E-state index contributed by atoms with van der Waals surface area (Å²) in [6.45, 7) is 5.21. The topological polar surface area (TPSA) is 24.5 Å². The number of rotatable bonds is 6. The van der Waals surface area contributed by atoms with Gasteiger partial charge in [-0.15, -0.1) is 0 Å². The summed E-state index contributed by atoms with van der Waals surface area (Å²) in [7, 11) is 4.32. The van der Waals surface area contributed by atoms with E-state index in [9.17, 15) is 0 Å². The summed E-state index contributed by atoms with van der Waals surface area (Å²) >= 11 is 0. The molecule has 1 fully saturated rings. The van der Waals surface area contributed by atoms with E-state index in [2.05, 4.69) is 55.5 Å². The van der Waals surface area contributed by atoms with Gasteiger partial charge < -0.3 is 10.1 Å². The summed E-state index contributed by atoms with van der Waals surface area (Å²) in [5.41, 5.74) is 1.42. The van der Waals surface area contributed by atoms with Gasteiger partial charge in [0.1, 0.15) is 5.75 Å². The lowest BCUT2D eigenvalue weighted by Crippen LogP contribution is -2.33. The van der Waals surface area contributed by atoms with E-state index >= 15 is 0 Å². The molecule has 0 aliphatic carbocycles. The first-order valence-corrected chi connectivity index (χ1v) is 8.33. The fourth-order valence-corrected chi connectivity index (χ4v) is 3.41. The van der Waals surface area contributed by atoms with Gasteiger partial charge in [0.15, 0.2) is 0 Å². The lowest BCUT2D eigenvalue weighted by molar-refractivity contribution is 0.191. The van der Waals surface area contributed by atoms with Gasteiger partial charge in [0.25, 0.3) is 0 Å². The molecule has 0 radical (unpaired) electrons. The molecule has 21 heavy (non-hydrogen) atoms. The number of likely N-dealkylation sites (tertiary alicyclic amines) is 1. The SMILES string of the molecule is CCCOc1ccc(C2C(CNC)CCCCN2C)cc1. The third-order valence-electron chi connectivity index (χ3n) is 4.42. The van der Waals surface area contributed by atoms with Gasteiger partial charge in [-0.05, 0) is 70.1 Å². The first-order valence-electron chi connectivity index (χ1n) is 8.33. The Bertz CT molecular complexity index is 404. The highest BCUT2D eigenvalue weighted by molar-refractivity contribution is 5.29. The molecule has 3 nitrogen and oxygen atoms in total. The van der Waals surface area contributed by atoms with Crippen molar-refractivity contribution in [1.29, 1.82) is 0 Å². The lowest BCUT2D eigenvalue weighted by Gasteiger charge is -2.33. The molecule has 118 valence electrons. The zero-order chi connectivity index (χ0) is 15.1. The third kappa shape index (κ3) is 4.45. The van der Waals surface area contributed by atoms with Crippen LogP contribution in [0.2, 0.25) is 0 Å². The number of nitrogens with one attached hydrogen (secondary N) is 1. The highest BCUT2D eigenvalue weighted by atomic mass is 16.5. The molecule has 0 spiro atoms. The van der Waals surface area contributed by atoms with Crippen molar-refractivity contribution in [3.8, 4) is 5.75 Å². The van der Waals surface area contributed by atoms with Crippen molar-refractivity contribution in [2.75, 3.05) is 33.8 Å². The summed E-state index contributed by atoms with van der Waals surface area (Å²) in [6, 6.07) is 9.26. The molecule has 0 saturated carbocycles. The van der Waals surface area contributed by atoms with Crippen molar-refractivity contribution in [2.45, 2.75) is 38.6 Å². The van der Waals surface area contributed by atoms with Crippen LogP contribution >= 0.6 is 0 Å².